The molecule has 1 heterocycles. The van der Waals surface area contributed by atoms with E-state index in [1.807, 2.05) is 0 Å². The summed E-state index contributed by atoms with van der Waals surface area (Å²) < 4.78 is 32.7. The first-order valence-electron chi connectivity index (χ1n) is 4.32. The number of nitrogens with two attached hydrogens (primary N) is 1. The lowest BCUT2D eigenvalue weighted by molar-refractivity contribution is -0.120. The molecule has 0 saturated carbocycles. The Morgan fingerprint density at radius 3 is 2.60 bits per heavy atom. The Hall–Kier alpha value is -0.740. The molecule has 1 rings (SSSR count). The molecule has 1 aliphatic rings. The van der Waals surface area contributed by atoms with Crippen LogP contribution >= 0.6 is 0 Å². The first-order chi connectivity index (χ1) is 6.88. The van der Waals surface area contributed by atoms with Crippen molar-refractivity contribution in [2.45, 2.75) is 24.9 Å². The Morgan fingerprint density at radius 2 is 2.20 bits per heavy atom. The van der Waals surface area contributed by atoms with Crippen molar-refractivity contribution < 1.29 is 22.0 Å². The molecule has 0 aromatic carbocycles. The predicted octanol–water partition coefficient (Wildman–Crippen LogP) is -2.08. The molecule has 1 aliphatic heterocycles. The second-order valence-corrected chi connectivity index (χ2v) is 4.29. The Kier molecular flexibility index (Phi) is 3.99. The number of rotatable bonds is 4. The van der Waals surface area contributed by atoms with E-state index < -0.39 is 22.3 Å². The van der Waals surface area contributed by atoms with Crippen molar-refractivity contribution in [2.24, 2.45) is 5.73 Å². The first-order valence-corrected chi connectivity index (χ1v) is 5.69. The first kappa shape index (κ1) is 12.3. The number of nitrogens with one attached hydrogen (secondary N) is 2. The van der Waals surface area contributed by atoms with E-state index >= 15 is 0 Å². The van der Waals surface area contributed by atoms with E-state index in [0.29, 0.717) is 19.4 Å². The third-order valence-corrected chi connectivity index (χ3v) is 2.38. The SMILES string of the molecule is NC(=O)C1CCC(NOS(=O)(=O)O)CN1. The van der Waals surface area contributed by atoms with Crippen LogP contribution in [-0.4, -0.2) is 37.5 Å². The van der Waals surface area contributed by atoms with Crippen LogP contribution in [0, 0.1) is 0 Å². The van der Waals surface area contributed by atoms with Crippen molar-refractivity contribution in [3.05, 3.63) is 0 Å². The highest BCUT2D eigenvalue weighted by Crippen LogP contribution is 2.07. The number of piperidine rings is 1. The molecule has 1 fully saturated rings. The molecule has 0 aliphatic carbocycles. The van der Waals surface area contributed by atoms with Crippen molar-refractivity contribution in [1.82, 2.24) is 10.8 Å². The molecule has 0 spiro atoms. The summed E-state index contributed by atoms with van der Waals surface area (Å²) in [6, 6.07) is -0.684. The van der Waals surface area contributed by atoms with Crippen molar-refractivity contribution >= 4 is 16.3 Å². The molecule has 0 bridgehead atoms. The molecule has 2 unspecified atom stereocenters. The Balaban J connectivity index is 2.29. The van der Waals surface area contributed by atoms with E-state index in [4.69, 9.17) is 10.3 Å². The normalized spacial score (nSPS) is 27.5. The van der Waals surface area contributed by atoms with Crippen LogP contribution in [0.2, 0.25) is 0 Å². The molecule has 5 N–H and O–H groups in total. The van der Waals surface area contributed by atoms with Gasteiger partial charge in [-0.15, -0.1) is 0 Å². The van der Waals surface area contributed by atoms with E-state index in [0.717, 1.165) is 0 Å². The molecule has 15 heavy (non-hydrogen) atoms. The van der Waals surface area contributed by atoms with Gasteiger partial charge in [-0.2, -0.15) is 18.2 Å². The molecule has 0 aromatic heterocycles. The van der Waals surface area contributed by atoms with Crippen LogP contribution in [0.4, 0.5) is 0 Å². The van der Waals surface area contributed by atoms with Gasteiger partial charge in [0.1, 0.15) is 0 Å². The zero-order chi connectivity index (χ0) is 11.5. The third kappa shape index (κ3) is 4.53. The van der Waals surface area contributed by atoms with Crippen molar-refractivity contribution in [3.8, 4) is 0 Å². The molecule has 9 heteroatoms. The summed E-state index contributed by atoms with van der Waals surface area (Å²) in [5.41, 5.74) is 7.24. The fraction of sp³-hybridized carbons (Fsp3) is 0.833. The molecule has 0 radical (unpaired) electrons. The van der Waals surface area contributed by atoms with Gasteiger partial charge < -0.3 is 11.1 Å². The molecular formula is C6H13N3O5S. The lowest BCUT2D eigenvalue weighted by Gasteiger charge is -2.27. The topological polar surface area (TPSA) is 131 Å². The fourth-order valence-electron chi connectivity index (χ4n) is 1.33. The zero-order valence-electron chi connectivity index (χ0n) is 7.84. The Labute approximate surface area is 87.1 Å². The highest BCUT2D eigenvalue weighted by molar-refractivity contribution is 7.80. The number of hydroxylamine groups is 1. The van der Waals surface area contributed by atoms with Crippen LogP contribution < -0.4 is 16.5 Å². The number of hydrogen-bond acceptors (Lipinski definition) is 6. The van der Waals surface area contributed by atoms with Crippen LogP contribution in [-0.2, 0) is 19.5 Å². The summed E-state index contributed by atoms with van der Waals surface area (Å²) in [4.78, 5) is 10.8. The number of carbonyl (C=O) groups is 1. The minimum absolute atomic E-state index is 0.289. The summed E-state index contributed by atoms with van der Waals surface area (Å²) in [6.45, 7) is 0.336. The van der Waals surface area contributed by atoms with Gasteiger partial charge in [-0.05, 0) is 12.8 Å². The standard InChI is InChI=1S/C6H13N3O5S/c7-6(10)5-2-1-4(3-8-5)9-14-15(11,12)13/h4-5,8-9H,1-3H2,(H2,7,10)(H,11,12,13). The van der Waals surface area contributed by atoms with Gasteiger partial charge in [0.05, 0.1) is 6.04 Å². The average molecular weight is 239 g/mol. The summed E-state index contributed by atoms with van der Waals surface area (Å²) in [5.74, 6) is -0.441. The number of primary amides is 1. The molecule has 1 saturated heterocycles. The zero-order valence-corrected chi connectivity index (χ0v) is 8.66. The minimum atomic E-state index is -4.48. The van der Waals surface area contributed by atoms with Gasteiger partial charge in [0.25, 0.3) is 0 Å². The van der Waals surface area contributed by atoms with Gasteiger partial charge in [-0.25, -0.2) is 0 Å². The van der Waals surface area contributed by atoms with Crippen molar-refractivity contribution in [3.63, 3.8) is 0 Å². The highest BCUT2D eigenvalue weighted by Gasteiger charge is 2.24. The summed E-state index contributed by atoms with van der Waals surface area (Å²) in [6.07, 6.45) is 1.01. The quantitative estimate of drug-likeness (QED) is 0.327. The summed E-state index contributed by atoms with van der Waals surface area (Å²) >= 11 is 0. The van der Waals surface area contributed by atoms with Crippen molar-refractivity contribution in [1.29, 1.82) is 0 Å². The molecule has 1 amide bonds. The lowest BCUT2D eigenvalue weighted by atomic mass is 10.0. The second kappa shape index (κ2) is 4.86. The van der Waals surface area contributed by atoms with Crippen LogP contribution in [0.3, 0.4) is 0 Å². The molecular weight excluding hydrogens is 226 g/mol. The highest BCUT2D eigenvalue weighted by atomic mass is 32.3. The second-order valence-electron chi connectivity index (χ2n) is 3.27. The van der Waals surface area contributed by atoms with Gasteiger partial charge in [0.2, 0.25) is 5.91 Å². The van der Waals surface area contributed by atoms with Gasteiger partial charge in [-0.1, -0.05) is 0 Å². The summed E-state index contributed by atoms with van der Waals surface area (Å²) in [7, 11) is -4.48. The third-order valence-electron chi connectivity index (χ3n) is 2.08. The van der Waals surface area contributed by atoms with Gasteiger partial charge in [-0.3, -0.25) is 9.35 Å². The monoisotopic (exact) mass is 239 g/mol. The van der Waals surface area contributed by atoms with Crippen LogP contribution in [0.1, 0.15) is 12.8 Å². The van der Waals surface area contributed by atoms with Gasteiger partial charge >= 0.3 is 10.4 Å². The van der Waals surface area contributed by atoms with E-state index in [2.05, 4.69) is 15.1 Å². The number of carbonyl (C=O) groups excluding carboxylic acids is 1. The molecule has 0 aromatic rings. The smallest absolute Gasteiger partial charge is 0.368 e. The van der Waals surface area contributed by atoms with Crippen LogP contribution in [0.25, 0.3) is 0 Å². The Bertz CT molecular complexity index is 322. The number of amides is 1. The lowest BCUT2D eigenvalue weighted by Crippen LogP contribution is -2.52. The maximum absolute atomic E-state index is 10.8. The maximum atomic E-state index is 10.8. The molecule has 88 valence electrons. The van der Waals surface area contributed by atoms with Crippen LogP contribution in [0.15, 0.2) is 0 Å². The van der Waals surface area contributed by atoms with E-state index in [-0.39, 0.29) is 6.04 Å². The van der Waals surface area contributed by atoms with Crippen molar-refractivity contribution in [2.75, 3.05) is 6.54 Å². The van der Waals surface area contributed by atoms with Gasteiger partial charge in [0, 0.05) is 12.6 Å². The van der Waals surface area contributed by atoms with E-state index in [9.17, 15) is 13.2 Å². The van der Waals surface area contributed by atoms with E-state index in [1.165, 1.54) is 0 Å². The predicted molar refractivity (Wildman–Crippen MR) is 49.8 cm³/mol. The number of hydrogen-bond donors (Lipinski definition) is 4. The Morgan fingerprint density at radius 1 is 1.53 bits per heavy atom. The fourth-order valence-corrected chi connectivity index (χ4v) is 1.59. The molecule has 8 nitrogen and oxygen atoms in total. The molecule has 2 atom stereocenters. The van der Waals surface area contributed by atoms with E-state index in [1.54, 1.807) is 0 Å². The summed E-state index contributed by atoms with van der Waals surface area (Å²) in [5, 5.41) is 2.81. The van der Waals surface area contributed by atoms with Gasteiger partial charge in [0.15, 0.2) is 0 Å². The minimum Gasteiger partial charge on any atom is -0.368 e. The average Bonchev–Trinajstić information content (AvgIpc) is 2.14. The largest absolute Gasteiger partial charge is 0.413 e. The maximum Gasteiger partial charge on any atom is 0.413 e. The van der Waals surface area contributed by atoms with Crippen LogP contribution in [0.5, 0.6) is 0 Å².